The van der Waals surface area contributed by atoms with E-state index >= 15 is 0 Å². The standard InChI is InChI=1S/C16H22O4/c1-2-9-19-13-8-7-12(11-17)16(10-13)20-15-6-4-3-5-14(15)18/h7-8,10-11,14-15,18H,2-6,9H2,1H3. The maximum atomic E-state index is 11.1. The van der Waals surface area contributed by atoms with Gasteiger partial charge < -0.3 is 14.6 Å². The molecule has 2 unspecified atom stereocenters. The summed E-state index contributed by atoms with van der Waals surface area (Å²) in [5, 5.41) is 9.96. The minimum absolute atomic E-state index is 0.233. The van der Waals surface area contributed by atoms with Crippen molar-refractivity contribution in [3.8, 4) is 11.5 Å². The first kappa shape index (κ1) is 14.9. The van der Waals surface area contributed by atoms with Gasteiger partial charge in [0, 0.05) is 6.07 Å². The minimum Gasteiger partial charge on any atom is -0.493 e. The molecule has 0 spiro atoms. The molecule has 1 fully saturated rings. The zero-order valence-corrected chi connectivity index (χ0v) is 11.9. The molecule has 1 N–H and O–H groups in total. The predicted molar refractivity (Wildman–Crippen MR) is 76.5 cm³/mol. The highest BCUT2D eigenvalue weighted by Crippen LogP contribution is 2.29. The molecule has 2 rings (SSSR count). The number of aldehydes is 1. The molecule has 0 aliphatic heterocycles. The fraction of sp³-hybridized carbons (Fsp3) is 0.562. The molecule has 1 aromatic rings. The van der Waals surface area contributed by atoms with Crippen LogP contribution in [0, 0.1) is 0 Å². The molecular weight excluding hydrogens is 256 g/mol. The van der Waals surface area contributed by atoms with Gasteiger partial charge in [-0.3, -0.25) is 4.79 Å². The molecular formula is C16H22O4. The van der Waals surface area contributed by atoms with Crippen LogP contribution in [0.25, 0.3) is 0 Å². The van der Waals surface area contributed by atoms with Crippen LogP contribution in [-0.2, 0) is 0 Å². The van der Waals surface area contributed by atoms with Gasteiger partial charge in [0.05, 0.1) is 18.3 Å². The van der Waals surface area contributed by atoms with Crippen molar-refractivity contribution in [1.29, 1.82) is 0 Å². The van der Waals surface area contributed by atoms with Crippen LogP contribution < -0.4 is 9.47 Å². The van der Waals surface area contributed by atoms with E-state index in [4.69, 9.17) is 9.47 Å². The molecule has 0 aromatic heterocycles. The highest BCUT2D eigenvalue weighted by Gasteiger charge is 2.25. The molecule has 20 heavy (non-hydrogen) atoms. The van der Waals surface area contributed by atoms with E-state index < -0.39 is 6.10 Å². The summed E-state index contributed by atoms with van der Waals surface area (Å²) in [7, 11) is 0. The second-order valence-corrected chi connectivity index (χ2v) is 5.17. The molecule has 110 valence electrons. The Hall–Kier alpha value is -1.55. The molecule has 1 aliphatic rings. The number of benzene rings is 1. The summed E-state index contributed by atoms with van der Waals surface area (Å²) < 4.78 is 11.4. The number of carbonyl (C=O) groups is 1. The van der Waals surface area contributed by atoms with Crippen molar-refractivity contribution in [3.63, 3.8) is 0 Å². The van der Waals surface area contributed by atoms with Gasteiger partial charge in [-0.05, 0) is 37.8 Å². The normalized spacial score (nSPS) is 22.3. The molecule has 0 amide bonds. The zero-order chi connectivity index (χ0) is 14.4. The molecule has 1 saturated carbocycles. The third-order valence-electron chi connectivity index (χ3n) is 3.53. The smallest absolute Gasteiger partial charge is 0.153 e. The first-order chi connectivity index (χ1) is 9.74. The molecule has 0 radical (unpaired) electrons. The van der Waals surface area contributed by atoms with Gasteiger partial charge >= 0.3 is 0 Å². The van der Waals surface area contributed by atoms with Gasteiger partial charge in [0.2, 0.25) is 0 Å². The van der Waals surface area contributed by atoms with E-state index in [0.717, 1.165) is 38.4 Å². The molecule has 1 aromatic carbocycles. The third-order valence-corrected chi connectivity index (χ3v) is 3.53. The van der Waals surface area contributed by atoms with Crippen molar-refractivity contribution >= 4 is 6.29 Å². The Morgan fingerprint density at radius 1 is 1.35 bits per heavy atom. The van der Waals surface area contributed by atoms with E-state index in [1.807, 2.05) is 6.92 Å². The van der Waals surface area contributed by atoms with Crippen LogP contribution in [0.3, 0.4) is 0 Å². The summed E-state index contributed by atoms with van der Waals surface area (Å²) in [6.45, 7) is 2.67. The average Bonchev–Trinajstić information content (AvgIpc) is 2.48. The van der Waals surface area contributed by atoms with Crippen molar-refractivity contribution in [2.45, 2.75) is 51.2 Å². The summed E-state index contributed by atoms with van der Waals surface area (Å²) in [6.07, 6.45) is 4.66. The molecule has 0 saturated heterocycles. The largest absolute Gasteiger partial charge is 0.493 e. The van der Waals surface area contributed by atoms with Gasteiger partial charge in [-0.1, -0.05) is 13.3 Å². The van der Waals surface area contributed by atoms with Crippen molar-refractivity contribution in [2.24, 2.45) is 0 Å². The second-order valence-electron chi connectivity index (χ2n) is 5.17. The van der Waals surface area contributed by atoms with Crippen LogP contribution in [0.1, 0.15) is 49.4 Å². The van der Waals surface area contributed by atoms with E-state index in [1.54, 1.807) is 18.2 Å². The van der Waals surface area contributed by atoms with Gasteiger partial charge in [-0.25, -0.2) is 0 Å². The summed E-state index contributed by atoms with van der Waals surface area (Å²) in [5.74, 6) is 1.19. The van der Waals surface area contributed by atoms with Crippen LogP contribution in [0.4, 0.5) is 0 Å². The number of hydrogen-bond donors (Lipinski definition) is 1. The summed E-state index contributed by atoms with van der Waals surface area (Å²) >= 11 is 0. The van der Waals surface area contributed by atoms with Crippen LogP contribution in [-0.4, -0.2) is 30.2 Å². The quantitative estimate of drug-likeness (QED) is 0.813. The predicted octanol–water partition coefficient (Wildman–Crippen LogP) is 2.97. The SMILES string of the molecule is CCCOc1ccc(C=O)c(OC2CCCCC2O)c1. The molecule has 2 atom stereocenters. The lowest BCUT2D eigenvalue weighted by Crippen LogP contribution is -2.34. The average molecular weight is 278 g/mol. The Kier molecular flexibility index (Phi) is 5.41. The van der Waals surface area contributed by atoms with Crippen molar-refractivity contribution in [1.82, 2.24) is 0 Å². The Labute approximate surface area is 119 Å². The molecule has 1 aliphatic carbocycles. The van der Waals surface area contributed by atoms with Crippen molar-refractivity contribution < 1.29 is 19.4 Å². The van der Waals surface area contributed by atoms with Gasteiger partial charge in [-0.15, -0.1) is 0 Å². The number of aliphatic hydroxyl groups is 1. The van der Waals surface area contributed by atoms with Crippen LogP contribution in [0.5, 0.6) is 11.5 Å². The highest BCUT2D eigenvalue weighted by molar-refractivity contribution is 5.79. The van der Waals surface area contributed by atoms with Crippen LogP contribution >= 0.6 is 0 Å². The number of ether oxygens (including phenoxy) is 2. The molecule has 4 heteroatoms. The summed E-state index contributed by atoms with van der Waals surface area (Å²) in [5.41, 5.74) is 0.492. The maximum Gasteiger partial charge on any atom is 0.153 e. The third kappa shape index (κ3) is 3.73. The lowest BCUT2D eigenvalue weighted by atomic mass is 9.95. The Morgan fingerprint density at radius 2 is 2.15 bits per heavy atom. The van der Waals surface area contributed by atoms with Gasteiger partial charge in [-0.2, -0.15) is 0 Å². The summed E-state index contributed by atoms with van der Waals surface area (Å²) in [6, 6.07) is 5.20. The first-order valence-corrected chi connectivity index (χ1v) is 7.31. The van der Waals surface area contributed by atoms with Gasteiger partial charge in [0.15, 0.2) is 6.29 Å². The van der Waals surface area contributed by atoms with Gasteiger partial charge in [0.1, 0.15) is 17.6 Å². The number of rotatable bonds is 6. The monoisotopic (exact) mass is 278 g/mol. The zero-order valence-electron chi connectivity index (χ0n) is 11.9. The summed E-state index contributed by atoms with van der Waals surface area (Å²) in [4.78, 5) is 11.1. The fourth-order valence-electron chi connectivity index (χ4n) is 2.40. The van der Waals surface area contributed by atoms with Crippen molar-refractivity contribution in [3.05, 3.63) is 23.8 Å². The van der Waals surface area contributed by atoms with E-state index in [2.05, 4.69) is 0 Å². The first-order valence-electron chi connectivity index (χ1n) is 7.31. The Morgan fingerprint density at radius 3 is 2.85 bits per heavy atom. The lowest BCUT2D eigenvalue weighted by molar-refractivity contribution is 0.00646. The number of aliphatic hydroxyl groups excluding tert-OH is 1. The lowest BCUT2D eigenvalue weighted by Gasteiger charge is -2.28. The minimum atomic E-state index is -0.455. The number of carbonyl (C=O) groups excluding carboxylic acids is 1. The second kappa shape index (κ2) is 7.29. The Balaban J connectivity index is 2.12. The van der Waals surface area contributed by atoms with E-state index in [9.17, 15) is 9.90 Å². The maximum absolute atomic E-state index is 11.1. The van der Waals surface area contributed by atoms with Crippen LogP contribution in [0.15, 0.2) is 18.2 Å². The highest BCUT2D eigenvalue weighted by atomic mass is 16.5. The fourth-order valence-corrected chi connectivity index (χ4v) is 2.40. The Bertz CT molecular complexity index is 444. The molecule has 0 heterocycles. The van der Waals surface area contributed by atoms with Crippen molar-refractivity contribution in [2.75, 3.05) is 6.61 Å². The topological polar surface area (TPSA) is 55.8 Å². The molecule has 0 bridgehead atoms. The number of hydrogen-bond acceptors (Lipinski definition) is 4. The molecule has 4 nitrogen and oxygen atoms in total. The van der Waals surface area contributed by atoms with E-state index in [0.29, 0.717) is 23.7 Å². The van der Waals surface area contributed by atoms with Gasteiger partial charge in [0.25, 0.3) is 0 Å². The van der Waals surface area contributed by atoms with E-state index in [-0.39, 0.29) is 6.10 Å². The van der Waals surface area contributed by atoms with Crippen LogP contribution in [0.2, 0.25) is 0 Å². The van der Waals surface area contributed by atoms with E-state index in [1.165, 1.54) is 0 Å².